The number of hydrogen-bond acceptors (Lipinski definition) is 7. The van der Waals surface area contributed by atoms with Crippen LogP contribution in [-0.4, -0.2) is 36.3 Å². The molecule has 0 saturated heterocycles. The molecule has 1 amide bonds. The zero-order valence-corrected chi connectivity index (χ0v) is 16.8. The molecule has 152 valence electrons. The van der Waals surface area contributed by atoms with Gasteiger partial charge in [0.05, 0.1) is 28.0 Å². The summed E-state index contributed by atoms with van der Waals surface area (Å²) < 4.78 is 6.89. The van der Waals surface area contributed by atoms with Crippen molar-refractivity contribution < 1.29 is 9.32 Å². The fraction of sp³-hybridized carbons (Fsp3) is 0.0909. The summed E-state index contributed by atoms with van der Waals surface area (Å²) in [4.78, 5) is 17.8. The molecule has 0 aliphatic carbocycles. The van der Waals surface area contributed by atoms with Gasteiger partial charge >= 0.3 is 0 Å². The Kier molecular flexibility index (Phi) is 4.47. The van der Waals surface area contributed by atoms with Crippen molar-refractivity contribution in [3.8, 4) is 16.9 Å². The third-order valence-corrected chi connectivity index (χ3v) is 4.93. The van der Waals surface area contributed by atoms with E-state index < -0.39 is 0 Å². The molecule has 0 unspecified atom stereocenters. The number of nitrogens with one attached hydrogen (secondary N) is 1. The predicted octanol–water partition coefficient (Wildman–Crippen LogP) is 3.73. The Balaban J connectivity index is 1.54. The van der Waals surface area contributed by atoms with E-state index in [1.54, 1.807) is 25.1 Å². The zero-order valence-electron chi connectivity index (χ0n) is 16.8. The highest BCUT2D eigenvalue weighted by molar-refractivity contribution is 6.13. The molecule has 5 rings (SSSR count). The third-order valence-electron chi connectivity index (χ3n) is 4.93. The second kappa shape index (κ2) is 7.45. The van der Waals surface area contributed by atoms with Gasteiger partial charge in [0.1, 0.15) is 6.33 Å². The Hall–Kier alpha value is -4.40. The lowest BCUT2D eigenvalue weighted by Gasteiger charge is -2.09. The Labute approximate surface area is 176 Å². The van der Waals surface area contributed by atoms with Gasteiger partial charge in [0.2, 0.25) is 0 Å². The van der Waals surface area contributed by atoms with Gasteiger partial charge < -0.3 is 9.84 Å². The maximum Gasteiger partial charge on any atom is 0.259 e. The molecule has 0 spiro atoms. The van der Waals surface area contributed by atoms with Gasteiger partial charge in [0.15, 0.2) is 0 Å². The first-order chi connectivity index (χ1) is 15.1. The van der Waals surface area contributed by atoms with E-state index in [2.05, 4.69) is 31.0 Å². The molecule has 0 aliphatic rings. The number of benzene rings is 2. The van der Waals surface area contributed by atoms with Crippen LogP contribution in [0.2, 0.25) is 0 Å². The molecule has 9 nitrogen and oxygen atoms in total. The summed E-state index contributed by atoms with van der Waals surface area (Å²) in [6.07, 6.45) is 1.49. The fourth-order valence-corrected chi connectivity index (χ4v) is 3.35. The van der Waals surface area contributed by atoms with Gasteiger partial charge in [-0.3, -0.25) is 4.79 Å². The molecule has 2 aromatic carbocycles. The molecule has 0 radical (unpaired) electrons. The topological polar surface area (TPSA) is 112 Å². The predicted molar refractivity (Wildman–Crippen MR) is 114 cm³/mol. The van der Waals surface area contributed by atoms with E-state index in [0.717, 1.165) is 16.8 Å². The highest BCUT2D eigenvalue weighted by atomic mass is 16.5. The number of rotatable bonds is 4. The van der Waals surface area contributed by atoms with Crippen molar-refractivity contribution in [3.63, 3.8) is 0 Å². The van der Waals surface area contributed by atoms with Crippen molar-refractivity contribution in [1.29, 1.82) is 0 Å². The Morgan fingerprint density at radius 3 is 2.68 bits per heavy atom. The third kappa shape index (κ3) is 3.52. The van der Waals surface area contributed by atoms with Crippen LogP contribution in [0.25, 0.3) is 28.0 Å². The first-order valence-corrected chi connectivity index (χ1v) is 9.57. The molecule has 3 heterocycles. The summed E-state index contributed by atoms with van der Waals surface area (Å²) in [6.45, 7) is 3.80. The van der Waals surface area contributed by atoms with Gasteiger partial charge in [0, 0.05) is 11.3 Å². The number of tetrazole rings is 1. The molecule has 31 heavy (non-hydrogen) atoms. The van der Waals surface area contributed by atoms with E-state index in [4.69, 9.17) is 4.52 Å². The first-order valence-electron chi connectivity index (χ1n) is 9.57. The van der Waals surface area contributed by atoms with Crippen LogP contribution in [0.5, 0.6) is 0 Å². The van der Waals surface area contributed by atoms with Crippen LogP contribution in [0.1, 0.15) is 21.6 Å². The number of fused-ring (bicyclic) bond motifs is 1. The van der Waals surface area contributed by atoms with Crippen LogP contribution in [0.4, 0.5) is 5.69 Å². The van der Waals surface area contributed by atoms with E-state index in [-0.39, 0.29) is 5.91 Å². The van der Waals surface area contributed by atoms with Crippen molar-refractivity contribution in [2.24, 2.45) is 0 Å². The molecule has 0 fully saturated rings. The maximum absolute atomic E-state index is 13.3. The van der Waals surface area contributed by atoms with Crippen LogP contribution >= 0.6 is 0 Å². The minimum Gasteiger partial charge on any atom is -0.335 e. The highest BCUT2D eigenvalue weighted by Crippen LogP contribution is 2.28. The number of aryl methyl sites for hydroxylation is 2. The number of carbonyl (C=O) groups is 1. The Bertz CT molecular complexity index is 1390. The number of nitrogens with zero attached hydrogens (tertiary/aromatic N) is 6. The average molecular weight is 411 g/mol. The van der Waals surface area contributed by atoms with Gasteiger partial charge in [0.25, 0.3) is 11.6 Å². The van der Waals surface area contributed by atoms with Crippen molar-refractivity contribution in [2.45, 2.75) is 13.8 Å². The van der Waals surface area contributed by atoms with Gasteiger partial charge in [-0.25, -0.2) is 9.67 Å². The lowest BCUT2D eigenvalue weighted by Crippen LogP contribution is -2.13. The number of pyridine rings is 1. The summed E-state index contributed by atoms with van der Waals surface area (Å²) in [5.41, 5.74) is 5.35. The van der Waals surface area contributed by atoms with Crippen LogP contribution in [0.15, 0.2) is 65.4 Å². The molecule has 0 saturated carbocycles. The SMILES string of the molecule is Cc1ccc(-c2cc(C(=O)Nc3cccc(-n4cnnn4)c3)c3c(C)noc3n2)cc1. The molecule has 5 aromatic rings. The molecule has 9 heteroatoms. The van der Waals surface area contributed by atoms with E-state index >= 15 is 0 Å². The summed E-state index contributed by atoms with van der Waals surface area (Å²) >= 11 is 0. The minimum absolute atomic E-state index is 0.291. The van der Waals surface area contributed by atoms with Gasteiger partial charge in [-0.2, -0.15) is 0 Å². The largest absolute Gasteiger partial charge is 0.335 e. The number of amides is 1. The highest BCUT2D eigenvalue weighted by Gasteiger charge is 2.19. The van der Waals surface area contributed by atoms with Crippen LogP contribution < -0.4 is 5.32 Å². The van der Waals surface area contributed by atoms with Crippen molar-refractivity contribution >= 4 is 22.7 Å². The van der Waals surface area contributed by atoms with Gasteiger partial charge in [-0.05, 0) is 48.5 Å². The molecule has 0 bridgehead atoms. The van der Waals surface area contributed by atoms with Crippen molar-refractivity contribution in [1.82, 2.24) is 30.3 Å². The van der Waals surface area contributed by atoms with E-state index in [0.29, 0.717) is 33.7 Å². The summed E-state index contributed by atoms with van der Waals surface area (Å²) in [6, 6.07) is 16.9. The quantitative estimate of drug-likeness (QED) is 0.479. The summed E-state index contributed by atoms with van der Waals surface area (Å²) in [5, 5.41) is 18.7. The molecule has 0 aliphatic heterocycles. The maximum atomic E-state index is 13.3. The lowest BCUT2D eigenvalue weighted by atomic mass is 10.0. The van der Waals surface area contributed by atoms with Crippen LogP contribution in [0, 0.1) is 13.8 Å². The van der Waals surface area contributed by atoms with Crippen LogP contribution in [0.3, 0.4) is 0 Å². The van der Waals surface area contributed by atoms with Crippen molar-refractivity contribution in [2.75, 3.05) is 5.32 Å². The van der Waals surface area contributed by atoms with E-state index in [1.807, 2.05) is 43.3 Å². The molecular formula is C22H17N7O2. The second-order valence-electron chi connectivity index (χ2n) is 7.13. The smallest absolute Gasteiger partial charge is 0.259 e. The van der Waals surface area contributed by atoms with Crippen LogP contribution in [-0.2, 0) is 0 Å². The number of aromatic nitrogens is 6. The second-order valence-corrected chi connectivity index (χ2v) is 7.13. The normalized spacial score (nSPS) is 11.0. The molecule has 3 aromatic heterocycles. The van der Waals surface area contributed by atoms with Gasteiger partial charge in [-0.15, -0.1) is 5.10 Å². The summed E-state index contributed by atoms with van der Waals surface area (Å²) in [7, 11) is 0. The zero-order chi connectivity index (χ0) is 21.4. The van der Waals surface area contributed by atoms with Gasteiger partial charge in [-0.1, -0.05) is 41.1 Å². The standard InChI is InChI=1S/C22H17N7O2/c1-13-6-8-15(9-7-13)19-11-18(20-14(2)26-31-22(20)25-19)21(30)24-16-4-3-5-17(10-16)29-12-23-27-28-29/h3-12H,1-2H3,(H,24,30). The monoisotopic (exact) mass is 411 g/mol. The lowest BCUT2D eigenvalue weighted by molar-refractivity contribution is 0.102. The number of hydrogen-bond donors (Lipinski definition) is 1. The Morgan fingerprint density at radius 2 is 1.90 bits per heavy atom. The van der Waals surface area contributed by atoms with E-state index in [9.17, 15) is 4.79 Å². The summed E-state index contributed by atoms with van der Waals surface area (Å²) in [5.74, 6) is -0.291. The molecule has 0 atom stereocenters. The number of carbonyl (C=O) groups excluding carboxylic acids is 1. The minimum atomic E-state index is -0.291. The van der Waals surface area contributed by atoms with E-state index in [1.165, 1.54) is 11.0 Å². The first kappa shape index (κ1) is 18.6. The number of anilines is 1. The average Bonchev–Trinajstić information content (AvgIpc) is 3.44. The van der Waals surface area contributed by atoms with Crippen molar-refractivity contribution in [3.05, 3.63) is 77.7 Å². The fourth-order valence-electron chi connectivity index (χ4n) is 3.35. The molecular weight excluding hydrogens is 394 g/mol. The molecule has 1 N–H and O–H groups in total. The Morgan fingerprint density at radius 1 is 1.06 bits per heavy atom.